The molecule has 1 amide bonds. The van der Waals surface area contributed by atoms with Crippen molar-refractivity contribution in [3.63, 3.8) is 0 Å². The van der Waals surface area contributed by atoms with Crippen molar-refractivity contribution < 1.29 is 6.22 Å². The van der Waals surface area contributed by atoms with E-state index in [0.717, 1.165) is 12.0 Å². The maximum absolute atomic E-state index is 11.5. The Kier molecular flexibility index (Phi) is 16.6. The number of hydrazone groups is 1. The number of terminal acetylenes is 1. The van der Waals surface area contributed by atoms with E-state index in [2.05, 4.69) is 49.1 Å². The Hall–Kier alpha value is -2.54. The van der Waals surface area contributed by atoms with Gasteiger partial charge in [0.25, 0.3) is 5.91 Å². The molecule has 0 aromatic heterocycles. The van der Waals surface area contributed by atoms with Crippen LogP contribution < -0.4 is 5.32 Å². The molecule has 1 aliphatic carbocycles. The maximum atomic E-state index is 11.5. The molecule has 0 aromatic rings. The molecule has 134 valence electrons. The van der Waals surface area contributed by atoms with Crippen molar-refractivity contribution in [1.82, 2.24) is 10.3 Å². The fourth-order valence-electron chi connectivity index (χ4n) is 1.50. The zero-order valence-corrected chi connectivity index (χ0v) is 15.7. The molecule has 1 aliphatic rings. The van der Waals surface area contributed by atoms with Crippen LogP contribution in [-0.2, 0) is 4.79 Å². The molecule has 24 heavy (non-hydrogen) atoms. The molecule has 0 radical (unpaired) electrons. The van der Waals surface area contributed by atoms with Gasteiger partial charge in [0.1, 0.15) is 5.57 Å². The number of nitrogens with one attached hydrogen (secondary N) is 1. The SMILES string of the molecule is C#C/C(=C\N(CC1=CC=CCC=C1)N=C)C(=O)NC.CC.CCC.[HH]. The largest absolute Gasteiger partial charge is 0.355 e. The van der Waals surface area contributed by atoms with Gasteiger partial charge in [0, 0.05) is 21.4 Å². The Morgan fingerprint density at radius 1 is 1.50 bits per heavy atom. The van der Waals surface area contributed by atoms with Crippen LogP contribution in [0.25, 0.3) is 0 Å². The summed E-state index contributed by atoms with van der Waals surface area (Å²) < 4.78 is 0. The Morgan fingerprint density at radius 2 is 2.12 bits per heavy atom. The minimum absolute atomic E-state index is 0. The summed E-state index contributed by atoms with van der Waals surface area (Å²) in [6.45, 7) is 12.2. The van der Waals surface area contributed by atoms with Crippen LogP contribution in [0.5, 0.6) is 0 Å². The highest BCUT2D eigenvalue weighted by molar-refractivity contribution is 5.97. The number of likely N-dealkylation sites (N-methyl/N-ethyl adjacent to an activating group) is 1. The Morgan fingerprint density at radius 3 is 2.62 bits per heavy atom. The van der Waals surface area contributed by atoms with Crippen molar-refractivity contribution in [2.75, 3.05) is 13.6 Å². The lowest BCUT2D eigenvalue weighted by molar-refractivity contribution is -0.116. The van der Waals surface area contributed by atoms with E-state index < -0.39 is 0 Å². The summed E-state index contributed by atoms with van der Waals surface area (Å²) >= 11 is 0. The number of carbonyl (C=O) groups is 1. The predicted octanol–water partition coefficient (Wildman–Crippen LogP) is 4.30. The van der Waals surface area contributed by atoms with Crippen LogP contribution in [0.3, 0.4) is 0 Å². The number of hydrogen-bond acceptors (Lipinski definition) is 3. The van der Waals surface area contributed by atoms with E-state index in [-0.39, 0.29) is 12.9 Å². The molecule has 4 heteroatoms. The van der Waals surface area contributed by atoms with Gasteiger partial charge in [0.2, 0.25) is 0 Å². The normalized spacial score (nSPS) is 12.2. The third-order valence-corrected chi connectivity index (χ3v) is 2.48. The summed E-state index contributed by atoms with van der Waals surface area (Å²) in [5.74, 6) is 2.02. The summed E-state index contributed by atoms with van der Waals surface area (Å²) in [7, 11) is 1.53. The van der Waals surface area contributed by atoms with Crippen molar-refractivity contribution in [2.45, 2.75) is 40.5 Å². The van der Waals surface area contributed by atoms with Crippen molar-refractivity contribution in [3.8, 4) is 12.3 Å². The van der Waals surface area contributed by atoms with Gasteiger partial charge in [-0.3, -0.25) is 9.80 Å². The first kappa shape index (κ1) is 23.7. The summed E-state index contributed by atoms with van der Waals surface area (Å²) in [6.07, 6.45) is 19.1. The average Bonchev–Trinajstić information content (AvgIpc) is 2.89. The number of amides is 1. The van der Waals surface area contributed by atoms with Gasteiger partial charge in [-0.15, -0.1) is 6.42 Å². The standard InChI is InChI=1S/C15H17N3O.C3H8.C2H6.H2/c1-4-14(15(19)16-2)12-18(17-3)11-13-9-7-5-6-8-10-13;1-3-2;1-2;/h1,5,7-10,12H,3,6,11H2,2H3,(H,16,19);3H2,1-2H3;1-2H3;1H/b14-12+;;;. The summed E-state index contributed by atoms with van der Waals surface area (Å²) in [5, 5.41) is 7.87. The number of rotatable bonds is 5. The summed E-state index contributed by atoms with van der Waals surface area (Å²) in [6, 6.07) is 0. The van der Waals surface area contributed by atoms with Gasteiger partial charge < -0.3 is 5.32 Å². The molecule has 0 spiro atoms. The van der Waals surface area contributed by atoms with E-state index in [0.29, 0.717) is 6.54 Å². The fourth-order valence-corrected chi connectivity index (χ4v) is 1.50. The topological polar surface area (TPSA) is 44.7 Å². The molecule has 0 atom stereocenters. The Bertz CT molecular complexity index is 526. The molecule has 1 N–H and O–H groups in total. The maximum Gasteiger partial charge on any atom is 0.261 e. The third kappa shape index (κ3) is 11.1. The van der Waals surface area contributed by atoms with Crippen molar-refractivity contribution >= 4 is 12.6 Å². The third-order valence-electron chi connectivity index (χ3n) is 2.48. The minimum Gasteiger partial charge on any atom is -0.355 e. The average molecular weight is 332 g/mol. The van der Waals surface area contributed by atoms with Crippen LogP contribution in [0.1, 0.15) is 42.0 Å². The molecule has 0 heterocycles. The van der Waals surface area contributed by atoms with Gasteiger partial charge in [-0.05, 0) is 12.0 Å². The first-order valence-electron chi connectivity index (χ1n) is 8.28. The van der Waals surface area contributed by atoms with Gasteiger partial charge in [-0.2, -0.15) is 5.10 Å². The molecule has 1 rings (SSSR count). The molecule has 4 nitrogen and oxygen atoms in total. The molecule has 0 fully saturated rings. The second kappa shape index (κ2) is 16.8. The van der Waals surface area contributed by atoms with E-state index >= 15 is 0 Å². The van der Waals surface area contributed by atoms with E-state index in [1.807, 2.05) is 32.1 Å². The van der Waals surface area contributed by atoms with Gasteiger partial charge in [0.05, 0.1) is 6.54 Å². The molecule has 0 aliphatic heterocycles. The lowest BCUT2D eigenvalue weighted by atomic mass is 10.2. The molecule has 0 aromatic carbocycles. The van der Waals surface area contributed by atoms with Crippen LogP contribution in [0.2, 0.25) is 0 Å². The van der Waals surface area contributed by atoms with Gasteiger partial charge in [0.15, 0.2) is 0 Å². The highest BCUT2D eigenvalue weighted by Crippen LogP contribution is 2.09. The first-order valence-corrected chi connectivity index (χ1v) is 8.28. The van der Waals surface area contributed by atoms with E-state index in [4.69, 9.17) is 6.42 Å². The van der Waals surface area contributed by atoms with Gasteiger partial charge >= 0.3 is 0 Å². The Balaban J connectivity index is -0.000000726. The number of allylic oxidation sites excluding steroid dienone is 4. The molecular formula is C20H33N3O. The molecular weight excluding hydrogens is 298 g/mol. The molecule has 0 saturated heterocycles. The second-order valence-corrected chi connectivity index (χ2v) is 4.52. The van der Waals surface area contributed by atoms with Crippen molar-refractivity contribution in [1.29, 1.82) is 0 Å². The molecule has 0 unspecified atom stereocenters. The lowest BCUT2D eigenvalue weighted by Crippen LogP contribution is -2.22. The fraction of sp³-hybridized carbons (Fsp3) is 0.400. The van der Waals surface area contributed by atoms with Gasteiger partial charge in [-0.25, -0.2) is 0 Å². The molecule has 0 bridgehead atoms. The number of nitrogens with zero attached hydrogens (tertiary/aromatic N) is 2. The van der Waals surface area contributed by atoms with Crippen LogP contribution in [0.4, 0.5) is 0 Å². The zero-order chi connectivity index (χ0) is 18.8. The van der Waals surface area contributed by atoms with Crippen LogP contribution in [-0.4, -0.2) is 31.2 Å². The summed E-state index contributed by atoms with van der Waals surface area (Å²) in [4.78, 5) is 11.5. The number of hydrogen-bond donors (Lipinski definition) is 1. The summed E-state index contributed by atoms with van der Waals surface area (Å²) in [5.41, 5.74) is 1.27. The quantitative estimate of drug-likeness (QED) is 0.353. The van der Waals surface area contributed by atoms with Crippen LogP contribution in [0, 0.1) is 12.3 Å². The minimum atomic E-state index is -0.318. The monoisotopic (exact) mass is 331 g/mol. The highest BCUT2D eigenvalue weighted by atomic mass is 16.1. The van der Waals surface area contributed by atoms with E-state index in [9.17, 15) is 4.79 Å². The van der Waals surface area contributed by atoms with E-state index in [1.54, 1.807) is 5.01 Å². The zero-order valence-electron chi connectivity index (χ0n) is 15.7. The highest BCUT2D eigenvalue weighted by Gasteiger charge is 2.07. The predicted molar refractivity (Wildman–Crippen MR) is 108 cm³/mol. The molecule has 0 saturated carbocycles. The second-order valence-electron chi connectivity index (χ2n) is 4.52. The van der Waals surface area contributed by atoms with Crippen molar-refractivity contribution in [2.24, 2.45) is 5.10 Å². The first-order chi connectivity index (χ1) is 11.6. The number of carbonyl (C=O) groups excluding carboxylic acids is 1. The lowest BCUT2D eigenvalue weighted by Gasteiger charge is -2.15. The van der Waals surface area contributed by atoms with Crippen molar-refractivity contribution in [3.05, 3.63) is 47.7 Å². The smallest absolute Gasteiger partial charge is 0.261 e. The van der Waals surface area contributed by atoms with E-state index in [1.165, 1.54) is 19.7 Å². The van der Waals surface area contributed by atoms with Gasteiger partial charge in [-0.1, -0.05) is 70.4 Å². The Labute approximate surface area is 149 Å². The van der Waals surface area contributed by atoms with Crippen LogP contribution in [0.15, 0.2) is 52.8 Å². The van der Waals surface area contributed by atoms with Crippen LogP contribution >= 0.6 is 0 Å².